The van der Waals surface area contributed by atoms with Crippen LogP contribution in [0.5, 0.6) is 0 Å². The Morgan fingerprint density at radius 2 is 2.12 bits per heavy atom. The molecule has 2 saturated heterocycles. The third-order valence-electron chi connectivity index (χ3n) is 3.73. The van der Waals surface area contributed by atoms with Gasteiger partial charge in [-0.3, -0.25) is 4.79 Å². The van der Waals surface area contributed by atoms with Crippen molar-refractivity contribution in [3.63, 3.8) is 0 Å². The number of nitrogens with zero attached hydrogens (tertiary/aromatic N) is 2. The molecule has 4 heteroatoms. The predicted octanol–water partition coefficient (Wildman–Crippen LogP) is 1.56. The molecule has 2 aliphatic rings. The fourth-order valence-electron chi connectivity index (χ4n) is 2.88. The van der Waals surface area contributed by atoms with E-state index in [0.29, 0.717) is 12.2 Å². The maximum absolute atomic E-state index is 12.3. The van der Waals surface area contributed by atoms with Crippen LogP contribution in [0.15, 0.2) is 12.5 Å². The van der Waals surface area contributed by atoms with Gasteiger partial charge in [-0.25, -0.2) is 4.98 Å². The first-order chi connectivity index (χ1) is 7.74. The molecule has 0 saturated carbocycles. The Morgan fingerprint density at radius 1 is 1.44 bits per heavy atom. The van der Waals surface area contributed by atoms with E-state index in [4.69, 9.17) is 4.74 Å². The second kappa shape index (κ2) is 3.70. The van der Waals surface area contributed by atoms with Gasteiger partial charge < -0.3 is 9.30 Å². The summed E-state index contributed by atoms with van der Waals surface area (Å²) >= 11 is 0. The van der Waals surface area contributed by atoms with E-state index in [9.17, 15) is 4.79 Å². The summed E-state index contributed by atoms with van der Waals surface area (Å²) in [5.74, 6) is 0.377. The molecule has 2 bridgehead atoms. The van der Waals surface area contributed by atoms with Crippen molar-refractivity contribution in [3.8, 4) is 0 Å². The zero-order valence-corrected chi connectivity index (χ0v) is 9.43. The van der Waals surface area contributed by atoms with E-state index >= 15 is 0 Å². The van der Waals surface area contributed by atoms with Gasteiger partial charge in [-0.2, -0.15) is 0 Å². The fourth-order valence-corrected chi connectivity index (χ4v) is 2.88. The van der Waals surface area contributed by atoms with Crippen LogP contribution in [0, 0.1) is 5.92 Å². The van der Waals surface area contributed by atoms with Crippen molar-refractivity contribution in [3.05, 3.63) is 18.2 Å². The molecule has 1 aromatic heterocycles. The SMILES string of the molecule is Cn1cncc1C(=O)C1CC2CCC(C1)O2. The van der Waals surface area contributed by atoms with E-state index in [2.05, 4.69) is 4.98 Å². The smallest absolute Gasteiger partial charge is 0.184 e. The number of hydrogen-bond acceptors (Lipinski definition) is 3. The molecule has 3 heterocycles. The van der Waals surface area contributed by atoms with E-state index in [1.165, 1.54) is 0 Å². The number of ketones is 1. The maximum Gasteiger partial charge on any atom is 0.184 e. The van der Waals surface area contributed by atoms with Crippen molar-refractivity contribution >= 4 is 5.78 Å². The lowest BCUT2D eigenvalue weighted by Gasteiger charge is -2.27. The highest BCUT2D eigenvalue weighted by molar-refractivity contribution is 5.96. The topological polar surface area (TPSA) is 44.1 Å². The van der Waals surface area contributed by atoms with Crippen LogP contribution in [0.4, 0.5) is 0 Å². The quantitative estimate of drug-likeness (QED) is 0.710. The van der Waals surface area contributed by atoms with Crippen molar-refractivity contribution in [2.75, 3.05) is 0 Å². The maximum atomic E-state index is 12.3. The highest BCUT2D eigenvalue weighted by Gasteiger charge is 2.38. The number of carbonyl (C=O) groups excluding carboxylic acids is 1. The lowest BCUT2D eigenvalue weighted by Crippen LogP contribution is -2.30. The molecule has 0 spiro atoms. The van der Waals surface area contributed by atoms with Gasteiger partial charge in [0.2, 0.25) is 0 Å². The summed E-state index contributed by atoms with van der Waals surface area (Å²) in [4.78, 5) is 16.3. The molecule has 4 nitrogen and oxygen atoms in total. The molecule has 0 aliphatic carbocycles. The van der Waals surface area contributed by atoms with Crippen LogP contribution in [0.2, 0.25) is 0 Å². The van der Waals surface area contributed by atoms with E-state index in [1.54, 1.807) is 17.1 Å². The Hall–Kier alpha value is -1.16. The predicted molar refractivity (Wildman–Crippen MR) is 58.2 cm³/mol. The lowest BCUT2D eigenvalue weighted by molar-refractivity contribution is -0.0150. The molecule has 0 amide bonds. The van der Waals surface area contributed by atoms with Gasteiger partial charge >= 0.3 is 0 Å². The van der Waals surface area contributed by atoms with Gasteiger partial charge in [0.1, 0.15) is 5.69 Å². The molecular weight excluding hydrogens is 204 g/mol. The van der Waals surface area contributed by atoms with Crippen LogP contribution in [0.3, 0.4) is 0 Å². The normalized spacial score (nSPS) is 32.9. The van der Waals surface area contributed by atoms with Crippen molar-refractivity contribution in [1.29, 1.82) is 0 Å². The number of aryl methyl sites for hydroxylation is 1. The number of ether oxygens (including phenoxy) is 1. The summed E-state index contributed by atoms with van der Waals surface area (Å²) in [5, 5.41) is 0. The van der Waals surface area contributed by atoms with Gasteiger partial charge in [0.15, 0.2) is 5.78 Å². The Labute approximate surface area is 94.6 Å². The van der Waals surface area contributed by atoms with Crippen LogP contribution in [-0.2, 0) is 11.8 Å². The molecule has 2 aliphatic heterocycles. The van der Waals surface area contributed by atoms with Crippen molar-refractivity contribution in [1.82, 2.24) is 9.55 Å². The molecule has 2 atom stereocenters. The van der Waals surface area contributed by atoms with E-state index in [-0.39, 0.29) is 11.7 Å². The van der Waals surface area contributed by atoms with Gasteiger partial charge in [0, 0.05) is 13.0 Å². The van der Waals surface area contributed by atoms with Crippen LogP contribution in [0.1, 0.15) is 36.2 Å². The van der Waals surface area contributed by atoms with Crippen molar-refractivity contribution in [2.45, 2.75) is 37.9 Å². The van der Waals surface area contributed by atoms with Gasteiger partial charge in [0.25, 0.3) is 0 Å². The molecule has 2 fully saturated rings. The van der Waals surface area contributed by atoms with E-state index < -0.39 is 0 Å². The van der Waals surface area contributed by atoms with Gasteiger partial charge in [-0.15, -0.1) is 0 Å². The summed E-state index contributed by atoms with van der Waals surface area (Å²) in [7, 11) is 1.87. The number of fused-ring (bicyclic) bond motifs is 2. The second-order valence-electron chi connectivity index (χ2n) is 4.88. The van der Waals surface area contributed by atoms with Crippen molar-refractivity contribution in [2.24, 2.45) is 13.0 Å². The summed E-state index contributed by atoms with van der Waals surface area (Å²) in [6, 6.07) is 0. The molecule has 0 radical (unpaired) electrons. The second-order valence-corrected chi connectivity index (χ2v) is 4.88. The molecule has 0 N–H and O–H groups in total. The zero-order valence-electron chi connectivity index (χ0n) is 9.43. The van der Waals surface area contributed by atoms with Crippen molar-refractivity contribution < 1.29 is 9.53 Å². The number of aromatic nitrogens is 2. The third-order valence-corrected chi connectivity index (χ3v) is 3.73. The van der Waals surface area contributed by atoms with Crippen LogP contribution >= 0.6 is 0 Å². The standard InChI is InChI=1S/C12H16N2O2/c1-14-7-13-6-11(14)12(15)8-4-9-2-3-10(5-8)16-9/h6-10H,2-5H2,1H3. The van der Waals surface area contributed by atoms with Crippen LogP contribution in [-0.4, -0.2) is 27.5 Å². The molecule has 86 valence electrons. The zero-order chi connectivity index (χ0) is 11.1. The first-order valence-electron chi connectivity index (χ1n) is 5.90. The average Bonchev–Trinajstić information content (AvgIpc) is 2.84. The monoisotopic (exact) mass is 220 g/mol. The van der Waals surface area contributed by atoms with E-state index in [1.807, 2.05) is 7.05 Å². The largest absolute Gasteiger partial charge is 0.375 e. The molecule has 2 unspecified atom stereocenters. The minimum absolute atomic E-state index is 0.140. The van der Waals surface area contributed by atoms with E-state index in [0.717, 1.165) is 31.4 Å². The summed E-state index contributed by atoms with van der Waals surface area (Å²) < 4.78 is 7.56. The Morgan fingerprint density at radius 3 is 2.69 bits per heavy atom. The number of rotatable bonds is 2. The minimum atomic E-state index is 0.140. The highest BCUT2D eigenvalue weighted by Crippen LogP contribution is 2.37. The Kier molecular flexibility index (Phi) is 2.32. The number of carbonyl (C=O) groups is 1. The molecule has 0 aromatic carbocycles. The van der Waals surface area contributed by atoms with Gasteiger partial charge in [-0.05, 0) is 25.7 Å². The Balaban J connectivity index is 1.79. The summed E-state index contributed by atoms with van der Waals surface area (Å²) in [6.07, 6.45) is 8.02. The molecular formula is C12H16N2O2. The highest BCUT2D eigenvalue weighted by atomic mass is 16.5. The minimum Gasteiger partial charge on any atom is -0.375 e. The molecule has 3 rings (SSSR count). The summed E-state index contributed by atoms with van der Waals surface area (Å²) in [6.45, 7) is 0. The number of Topliss-reactive ketones (excluding diaryl/α,β-unsaturated/α-hetero) is 1. The first-order valence-corrected chi connectivity index (χ1v) is 5.90. The lowest BCUT2D eigenvalue weighted by atomic mass is 9.90. The van der Waals surface area contributed by atoms with Crippen LogP contribution in [0.25, 0.3) is 0 Å². The summed E-state index contributed by atoms with van der Waals surface area (Å²) in [5.41, 5.74) is 0.728. The fraction of sp³-hybridized carbons (Fsp3) is 0.667. The number of hydrogen-bond donors (Lipinski definition) is 0. The first kappa shape index (κ1) is 10.0. The van der Waals surface area contributed by atoms with Crippen LogP contribution < -0.4 is 0 Å². The number of imidazole rings is 1. The van der Waals surface area contributed by atoms with Gasteiger partial charge in [-0.1, -0.05) is 0 Å². The molecule has 1 aromatic rings. The molecule has 16 heavy (non-hydrogen) atoms. The average molecular weight is 220 g/mol. The Bertz CT molecular complexity index is 401. The van der Waals surface area contributed by atoms with Gasteiger partial charge in [0.05, 0.1) is 24.7 Å². The third kappa shape index (κ3) is 1.57.